The first-order valence-corrected chi connectivity index (χ1v) is 8.64. The molecule has 1 fully saturated rings. The van der Waals surface area contributed by atoms with Gasteiger partial charge in [-0.3, -0.25) is 4.90 Å². The summed E-state index contributed by atoms with van der Waals surface area (Å²) in [4.78, 5) is 2.24. The summed E-state index contributed by atoms with van der Waals surface area (Å²) in [5.74, 6) is 0.490. The molecule has 0 amide bonds. The zero-order valence-corrected chi connectivity index (χ0v) is 12.3. The lowest BCUT2D eigenvalue weighted by Crippen LogP contribution is -2.51. The van der Waals surface area contributed by atoms with Gasteiger partial charge in [0.15, 0.2) is 9.84 Å². The molecule has 0 spiro atoms. The molecular formula is C12H26N2O3S. The summed E-state index contributed by atoms with van der Waals surface area (Å²) in [6.07, 6.45) is 1.11. The fraction of sp³-hybridized carbons (Fsp3) is 1.00. The molecule has 0 aromatic carbocycles. The van der Waals surface area contributed by atoms with Gasteiger partial charge in [-0.1, -0.05) is 13.8 Å². The summed E-state index contributed by atoms with van der Waals surface area (Å²) in [5.41, 5.74) is 0. The van der Waals surface area contributed by atoms with E-state index in [1.807, 2.05) is 0 Å². The van der Waals surface area contributed by atoms with E-state index in [0.717, 1.165) is 26.1 Å². The molecule has 1 heterocycles. The van der Waals surface area contributed by atoms with Gasteiger partial charge in [0, 0.05) is 31.4 Å². The highest BCUT2D eigenvalue weighted by atomic mass is 32.2. The van der Waals surface area contributed by atoms with Crippen LogP contribution in [0.5, 0.6) is 0 Å². The van der Waals surface area contributed by atoms with Crippen LogP contribution in [0.2, 0.25) is 0 Å². The van der Waals surface area contributed by atoms with Gasteiger partial charge >= 0.3 is 0 Å². The molecule has 0 bridgehead atoms. The van der Waals surface area contributed by atoms with Crippen molar-refractivity contribution in [3.05, 3.63) is 0 Å². The Hall–Kier alpha value is -0.170. The normalized spacial score (nSPS) is 22.2. The fourth-order valence-electron chi connectivity index (χ4n) is 2.02. The van der Waals surface area contributed by atoms with Gasteiger partial charge in [-0.05, 0) is 13.0 Å². The van der Waals surface area contributed by atoms with E-state index < -0.39 is 9.84 Å². The molecule has 6 heteroatoms. The first-order valence-electron chi connectivity index (χ1n) is 6.82. The predicted octanol–water partition coefficient (Wildman–Crippen LogP) is 0.122. The van der Waals surface area contributed by atoms with Crippen molar-refractivity contribution in [2.45, 2.75) is 26.3 Å². The number of hydrogen-bond acceptors (Lipinski definition) is 5. The van der Waals surface area contributed by atoms with E-state index in [2.05, 4.69) is 17.1 Å². The van der Waals surface area contributed by atoms with Gasteiger partial charge in [-0.25, -0.2) is 8.42 Å². The van der Waals surface area contributed by atoms with E-state index >= 15 is 0 Å². The number of rotatable bonds is 8. The lowest BCUT2D eigenvalue weighted by Gasteiger charge is -2.35. The van der Waals surface area contributed by atoms with Crippen molar-refractivity contribution in [1.29, 1.82) is 0 Å². The molecule has 0 aromatic heterocycles. The molecule has 1 N–H and O–H groups in total. The van der Waals surface area contributed by atoms with Crippen LogP contribution in [0.3, 0.4) is 0 Å². The monoisotopic (exact) mass is 278 g/mol. The highest BCUT2D eigenvalue weighted by Gasteiger charge is 2.23. The molecule has 5 nitrogen and oxygen atoms in total. The highest BCUT2D eigenvalue weighted by molar-refractivity contribution is 7.91. The fourth-order valence-corrected chi connectivity index (χ4v) is 2.82. The van der Waals surface area contributed by atoms with Crippen LogP contribution in [0.15, 0.2) is 0 Å². The summed E-state index contributed by atoms with van der Waals surface area (Å²) in [6.45, 7) is 8.57. The third-order valence-corrected chi connectivity index (χ3v) is 4.97. The summed E-state index contributed by atoms with van der Waals surface area (Å²) >= 11 is 0. The zero-order chi connectivity index (χ0) is 13.4. The lowest BCUT2D eigenvalue weighted by atomic mass is 10.2. The minimum absolute atomic E-state index is 0.232. The van der Waals surface area contributed by atoms with Crippen molar-refractivity contribution in [2.24, 2.45) is 0 Å². The van der Waals surface area contributed by atoms with Gasteiger partial charge in [0.25, 0.3) is 0 Å². The highest BCUT2D eigenvalue weighted by Crippen LogP contribution is 2.07. The van der Waals surface area contributed by atoms with Crippen LogP contribution in [-0.4, -0.2) is 70.3 Å². The van der Waals surface area contributed by atoms with Gasteiger partial charge in [0.1, 0.15) is 0 Å². The van der Waals surface area contributed by atoms with Crippen LogP contribution < -0.4 is 5.32 Å². The zero-order valence-electron chi connectivity index (χ0n) is 11.5. The van der Waals surface area contributed by atoms with E-state index in [-0.39, 0.29) is 11.5 Å². The van der Waals surface area contributed by atoms with Crippen molar-refractivity contribution in [2.75, 3.05) is 50.9 Å². The topological polar surface area (TPSA) is 58.6 Å². The molecule has 1 saturated heterocycles. The van der Waals surface area contributed by atoms with Crippen molar-refractivity contribution >= 4 is 9.84 Å². The van der Waals surface area contributed by atoms with Crippen LogP contribution in [-0.2, 0) is 14.6 Å². The number of hydrogen-bond donors (Lipinski definition) is 1. The van der Waals surface area contributed by atoms with Crippen molar-refractivity contribution in [3.8, 4) is 0 Å². The Morgan fingerprint density at radius 2 is 2.17 bits per heavy atom. The van der Waals surface area contributed by atoms with Gasteiger partial charge in [0.05, 0.1) is 19.0 Å². The molecule has 108 valence electrons. The number of nitrogens with zero attached hydrogens (tertiary/aromatic N) is 1. The largest absolute Gasteiger partial charge is 0.378 e. The predicted molar refractivity (Wildman–Crippen MR) is 73.7 cm³/mol. The van der Waals surface area contributed by atoms with E-state index in [1.54, 1.807) is 6.92 Å². The summed E-state index contributed by atoms with van der Waals surface area (Å²) in [6, 6.07) is 0.303. The second-order valence-corrected chi connectivity index (χ2v) is 7.18. The molecule has 0 radical (unpaired) electrons. The van der Waals surface area contributed by atoms with Gasteiger partial charge in [-0.15, -0.1) is 0 Å². The molecule has 18 heavy (non-hydrogen) atoms. The molecule has 1 aliphatic rings. The van der Waals surface area contributed by atoms with Crippen LogP contribution >= 0.6 is 0 Å². The Labute approximate surface area is 111 Å². The molecule has 1 unspecified atom stereocenters. The third-order valence-electron chi connectivity index (χ3n) is 3.29. The Morgan fingerprint density at radius 3 is 2.83 bits per heavy atom. The second kappa shape index (κ2) is 8.09. The molecule has 0 aromatic rings. The second-order valence-electron chi connectivity index (χ2n) is 4.71. The quantitative estimate of drug-likeness (QED) is 0.639. The SMILES string of the molecule is CCCNCC1COCCN1CCS(=O)(=O)CC. The first kappa shape index (κ1) is 15.9. The number of morpholine rings is 1. The summed E-state index contributed by atoms with van der Waals surface area (Å²) in [7, 11) is -2.87. The average molecular weight is 278 g/mol. The number of nitrogens with one attached hydrogen (secondary N) is 1. The minimum Gasteiger partial charge on any atom is -0.378 e. The van der Waals surface area contributed by atoms with Crippen LogP contribution in [0, 0.1) is 0 Å². The Bertz CT molecular complexity index is 319. The maximum absolute atomic E-state index is 11.5. The Kier molecular flexibility index (Phi) is 7.14. The Morgan fingerprint density at radius 1 is 1.39 bits per heavy atom. The third kappa shape index (κ3) is 5.65. The van der Waals surface area contributed by atoms with Gasteiger partial charge in [0.2, 0.25) is 0 Å². The Balaban J connectivity index is 2.39. The van der Waals surface area contributed by atoms with Crippen LogP contribution in [0.25, 0.3) is 0 Å². The maximum Gasteiger partial charge on any atom is 0.151 e. The summed E-state index contributed by atoms with van der Waals surface area (Å²) in [5, 5.41) is 3.37. The van der Waals surface area contributed by atoms with E-state index in [0.29, 0.717) is 25.8 Å². The molecule has 0 saturated carbocycles. The van der Waals surface area contributed by atoms with Gasteiger partial charge in [-0.2, -0.15) is 0 Å². The number of sulfone groups is 1. The smallest absolute Gasteiger partial charge is 0.151 e. The standard InChI is InChI=1S/C12H26N2O3S/c1-3-5-13-10-12-11-17-8-6-14(12)7-9-18(15,16)4-2/h12-13H,3-11H2,1-2H3. The number of ether oxygens (including phenoxy) is 1. The molecule has 1 aliphatic heterocycles. The van der Waals surface area contributed by atoms with Crippen molar-refractivity contribution in [3.63, 3.8) is 0 Å². The molecular weight excluding hydrogens is 252 g/mol. The van der Waals surface area contributed by atoms with E-state index in [4.69, 9.17) is 4.74 Å². The van der Waals surface area contributed by atoms with Crippen LogP contribution in [0.1, 0.15) is 20.3 Å². The lowest BCUT2D eigenvalue weighted by molar-refractivity contribution is -0.00368. The molecule has 1 rings (SSSR count). The maximum atomic E-state index is 11.5. The minimum atomic E-state index is -2.87. The summed E-state index contributed by atoms with van der Waals surface area (Å²) < 4.78 is 28.5. The van der Waals surface area contributed by atoms with Crippen molar-refractivity contribution < 1.29 is 13.2 Å². The molecule has 1 atom stereocenters. The average Bonchev–Trinajstić information content (AvgIpc) is 2.38. The van der Waals surface area contributed by atoms with Crippen molar-refractivity contribution in [1.82, 2.24) is 10.2 Å². The van der Waals surface area contributed by atoms with Gasteiger partial charge < -0.3 is 10.1 Å². The van der Waals surface area contributed by atoms with E-state index in [1.165, 1.54) is 0 Å². The van der Waals surface area contributed by atoms with E-state index in [9.17, 15) is 8.42 Å². The first-order chi connectivity index (χ1) is 8.59. The molecule has 0 aliphatic carbocycles. The van der Waals surface area contributed by atoms with Crippen LogP contribution in [0.4, 0.5) is 0 Å².